The van der Waals surface area contributed by atoms with Crippen molar-refractivity contribution in [1.29, 1.82) is 0 Å². The van der Waals surface area contributed by atoms with Crippen LogP contribution in [-0.4, -0.2) is 58.5 Å². The number of nitrogens with one attached hydrogen (secondary N) is 1. The number of thioether (sulfide) groups is 1. The number of aliphatic imine (C=N–C) groups is 1. The highest BCUT2D eigenvalue weighted by Gasteiger charge is 2.48. The maximum absolute atomic E-state index is 12.5. The Kier molecular flexibility index (Phi) is 5.32. The molecule has 134 valence electrons. The molecular weight excluding hydrogens is 336 g/mol. The lowest BCUT2D eigenvalue weighted by atomic mass is 10.1. The molecule has 1 aromatic rings. The summed E-state index contributed by atoms with van der Waals surface area (Å²) in [5.41, 5.74) is 1.22. The van der Waals surface area contributed by atoms with Gasteiger partial charge in [-0.3, -0.25) is 10.1 Å². The fourth-order valence-corrected chi connectivity index (χ4v) is 4.03. The average Bonchev–Trinajstić information content (AvgIpc) is 2.96. The van der Waals surface area contributed by atoms with E-state index in [4.69, 9.17) is 4.99 Å². The first-order valence-corrected chi connectivity index (χ1v) is 9.54. The fourth-order valence-electron chi connectivity index (χ4n) is 2.99. The SMILES string of the molecule is CC(C)CSC1=NC2C(C(=O)NC(=O)N2C)N1CCc1ccccc1. The number of rotatable bonds is 5. The highest BCUT2D eigenvalue weighted by molar-refractivity contribution is 8.13. The first-order valence-electron chi connectivity index (χ1n) is 8.56. The number of likely N-dealkylation sites (N-methyl/N-ethyl adjacent to an activating group) is 1. The number of amidine groups is 1. The van der Waals surface area contributed by atoms with Crippen molar-refractivity contribution >= 4 is 28.9 Å². The maximum atomic E-state index is 12.5. The van der Waals surface area contributed by atoms with Gasteiger partial charge in [-0.05, 0) is 17.9 Å². The van der Waals surface area contributed by atoms with Crippen molar-refractivity contribution in [3.63, 3.8) is 0 Å². The molecule has 25 heavy (non-hydrogen) atoms. The van der Waals surface area contributed by atoms with Crippen molar-refractivity contribution in [2.24, 2.45) is 10.9 Å². The number of carbonyl (C=O) groups excluding carboxylic acids is 2. The lowest BCUT2D eigenvalue weighted by Crippen LogP contribution is -2.63. The van der Waals surface area contributed by atoms with Gasteiger partial charge in [-0.15, -0.1) is 0 Å². The molecule has 2 aliphatic heterocycles. The number of carbonyl (C=O) groups is 2. The Morgan fingerprint density at radius 2 is 1.96 bits per heavy atom. The number of imide groups is 1. The molecule has 1 fully saturated rings. The normalized spacial score (nSPS) is 23.0. The topological polar surface area (TPSA) is 65.0 Å². The molecule has 0 bridgehead atoms. The number of fused-ring (bicyclic) bond motifs is 1. The molecule has 1 N–H and O–H groups in total. The molecule has 3 amide bonds. The summed E-state index contributed by atoms with van der Waals surface area (Å²) in [4.78, 5) is 32.6. The van der Waals surface area contributed by atoms with E-state index in [-0.39, 0.29) is 11.9 Å². The smallest absolute Gasteiger partial charge is 0.325 e. The van der Waals surface area contributed by atoms with Gasteiger partial charge >= 0.3 is 6.03 Å². The molecule has 6 nitrogen and oxygen atoms in total. The van der Waals surface area contributed by atoms with Gasteiger partial charge in [0.05, 0.1) is 0 Å². The third-order valence-electron chi connectivity index (χ3n) is 4.35. The molecule has 2 atom stereocenters. The van der Waals surface area contributed by atoms with Crippen molar-refractivity contribution in [2.75, 3.05) is 19.3 Å². The summed E-state index contributed by atoms with van der Waals surface area (Å²) in [6.45, 7) is 5.02. The highest BCUT2D eigenvalue weighted by atomic mass is 32.2. The van der Waals surface area contributed by atoms with Gasteiger partial charge in [-0.1, -0.05) is 55.9 Å². The fraction of sp³-hybridized carbons (Fsp3) is 0.500. The first kappa shape index (κ1) is 17.8. The van der Waals surface area contributed by atoms with Crippen molar-refractivity contribution in [2.45, 2.75) is 32.5 Å². The number of urea groups is 1. The van der Waals surface area contributed by atoms with Crippen LogP contribution in [0.1, 0.15) is 19.4 Å². The van der Waals surface area contributed by atoms with E-state index < -0.39 is 12.2 Å². The van der Waals surface area contributed by atoms with Crippen LogP contribution < -0.4 is 5.32 Å². The first-order chi connectivity index (χ1) is 12.0. The summed E-state index contributed by atoms with van der Waals surface area (Å²) < 4.78 is 0. The molecule has 0 saturated carbocycles. The van der Waals surface area contributed by atoms with Crippen molar-refractivity contribution in [1.82, 2.24) is 15.1 Å². The number of nitrogens with zero attached hydrogens (tertiary/aromatic N) is 3. The van der Waals surface area contributed by atoms with Gasteiger partial charge in [0.2, 0.25) is 0 Å². The molecule has 0 aliphatic carbocycles. The molecule has 0 spiro atoms. The van der Waals surface area contributed by atoms with Gasteiger partial charge < -0.3 is 9.80 Å². The van der Waals surface area contributed by atoms with Gasteiger partial charge in [0.15, 0.2) is 17.4 Å². The van der Waals surface area contributed by atoms with E-state index in [0.717, 1.165) is 17.3 Å². The lowest BCUT2D eigenvalue weighted by Gasteiger charge is -2.36. The third kappa shape index (κ3) is 3.81. The third-order valence-corrected chi connectivity index (χ3v) is 5.78. The molecule has 3 rings (SSSR count). The zero-order valence-electron chi connectivity index (χ0n) is 14.8. The molecular formula is C18H24N4O2S. The lowest BCUT2D eigenvalue weighted by molar-refractivity contribution is -0.127. The van der Waals surface area contributed by atoms with Gasteiger partial charge in [0.1, 0.15) is 0 Å². The molecule has 7 heteroatoms. The Labute approximate surface area is 152 Å². The predicted octanol–water partition coefficient (Wildman–Crippen LogP) is 2.17. The number of benzene rings is 1. The van der Waals surface area contributed by atoms with Crippen LogP contribution in [0.4, 0.5) is 4.79 Å². The van der Waals surface area contributed by atoms with Crippen LogP contribution in [-0.2, 0) is 11.2 Å². The molecule has 1 saturated heterocycles. The maximum Gasteiger partial charge on any atom is 0.325 e. The van der Waals surface area contributed by atoms with Gasteiger partial charge in [-0.25, -0.2) is 9.79 Å². The van der Waals surface area contributed by atoms with E-state index in [2.05, 4.69) is 36.2 Å². The van der Waals surface area contributed by atoms with Crippen LogP contribution in [0.25, 0.3) is 0 Å². The molecule has 2 heterocycles. The molecule has 2 unspecified atom stereocenters. The molecule has 0 aromatic heterocycles. The molecule has 1 aromatic carbocycles. The van der Waals surface area contributed by atoms with Crippen LogP contribution in [0.2, 0.25) is 0 Å². The summed E-state index contributed by atoms with van der Waals surface area (Å²) in [5.74, 6) is 1.20. The van der Waals surface area contributed by atoms with Gasteiger partial charge in [-0.2, -0.15) is 0 Å². The zero-order valence-corrected chi connectivity index (χ0v) is 15.6. The monoisotopic (exact) mass is 360 g/mol. The van der Waals surface area contributed by atoms with Crippen LogP contribution in [0.5, 0.6) is 0 Å². The summed E-state index contributed by atoms with van der Waals surface area (Å²) in [6.07, 6.45) is 0.391. The second-order valence-corrected chi connectivity index (χ2v) is 7.80. The second-order valence-electron chi connectivity index (χ2n) is 6.81. The number of hydrogen-bond acceptors (Lipinski definition) is 5. The molecule has 0 radical (unpaired) electrons. The van der Waals surface area contributed by atoms with E-state index >= 15 is 0 Å². The Bertz CT molecular complexity index is 677. The van der Waals surface area contributed by atoms with E-state index in [1.807, 2.05) is 18.2 Å². The minimum atomic E-state index is -0.443. The van der Waals surface area contributed by atoms with Crippen LogP contribution >= 0.6 is 11.8 Å². The largest absolute Gasteiger partial charge is 0.335 e. The Morgan fingerprint density at radius 3 is 2.64 bits per heavy atom. The number of amides is 3. The van der Waals surface area contributed by atoms with Crippen molar-refractivity contribution < 1.29 is 9.59 Å². The minimum absolute atomic E-state index is 0.259. The van der Waals surface area contributed by atoms with E-state index in [9.17, 15) is 9.59 Å². The van der Waals surface area contributed by atoms with Gasteiger partial charge in [0.25, 0.3) is 5.91 Å². The Hall–Kier alpha value is -2.02. The van der Waals surface area contributed by atoms with Crippen LogP contribution in [0.3, 0.4) is 0 Å². The van der Waals surface area contributed by atoms with Crippen molar-refractivity contribution in [3.05, 3.63) is 35.9 Å². The Morgan fingerprint density at radius 1 is 1.24 bits per heavy atom. The van der Waals surface area contributed by atoms with Gasteiger partial charge in [0, 0.05) is 19.3 Å². The van der Waals surface area contributed by atoms with E-state index in [0.29, 0.717) is 12.5 Å². The van der Waals surface area contributed by atoms with E-state index in [1.165, 1.54) is 10.5 Å². The van der Waals surface area contributed by atoms with Crippen LogP contribution in [0.15, 0.2) is 35.3 Å². The zero-order chi connectivity index (χ0) is 18.0. The quantitative estimate of drug-likeness (QED) is 0.874. The summed E-state index contributed by atoms with van der Waals surface area (Å²) >= 11 is 1.66. The van der Waals surface area contributed by atoms with E-state index in [1.54, 1.807) is 18.8 Å². The second kappa shape index (κ2) is 7.47. The predicted molar refractivity (Wildman–Crippen MR) is 100 cm³/mol. The molecule has 2 aliphatic rings. The highest BCUT2D eigenvalue weighted by Crippen LogP contribution is 2.29. The van der Waals surface area contributed by atoms with Crippen molar-refractivity contribution in [3.8, 4) is 0 Å². The summed E-state index contributed by atoms with van der Waals surface area (Å²) in [6, 6.07) is 9.38. The Balaban J connectivity index is 1.79. The number of hydrogen-bond donors (Lipinski definition) is 1. The minimum Gasteiger partial charge on any atom is -0.335 e. The summed E-state index contributed by atoms with van der Waals surface area (Å²) in [7, 11) is 1.69. The van der Waals surface area contributed by atoms with Crippen LogP contribution in [0, 0.1) is 5.92 Å². The standard InChI is InChI=1S/C18H24N4O2S/c1-12(2)11-25-18-19-15-14(16(23)20-17(24)21(15)3)22(18)10-9-13-7-5-4-6-8-13/h4-8,12,14-15H,9-11H2,1-3H3,(H,20,23,24). The summed E-state index contributed by atoms with van der Waals surface area (Å²) in [5, 5.41) is 3.30. The average molecular weight is 360 g/mol.